The molecule has 0 saturated heterocycles. The van der Waals surface area contributed by atoms with E-state index >= 15 is 0 Å². The summed E-state index contributed by atoms with van der Waals surface area (Å²) in [6.07, 6.45) is 1.88. The minimum atomic E-state index is -0.315. The van der Waals surface area contributed by atoms with E-state index in [9.17, 15) is 9.18 Å². The molecule has 0 unspecified atom stereocenters. The van der Waals surface area contributed by atoms with Crippen LogP contribution in [0, 0.1) is 12.7 Å². The maximum atomic E-state index is 13.2. The molecule has 1 amide bonds. The third-order valence-electron chi connectivity index (χ3n) is 3.76. The molecular weight excluding hydrogens is 317 g/mol. The Morgan fingerprint density at radius 3 is 2.60 bits per heavy atom. The molecule has 0 aliphatic heterocycles. The topological polar surface area (TPSA) is 54.0 Å². The number of aromatic nitrogens is 1. The Bertz CT molecular complexity index is 878. The molecule has 5 heteroatoms. The molecule has 4 nitrogen and oxygen atoms in total. The summed E-state index contributed by atoms with van der Waals surface area (Å²) in [5.74, 6) is 0.162. The second-order valence-corrected chi connectivity index (χ2v) is 5.72. The third kappa shape index (κ3) is 4.64. The van der Waals surface area contributed by atoms with Crippen LogP contribution in [0.2, 0.25) is 0 Å². The molecule has 1 aromatic heterocycles. The zero-order valence-electron chi connectivity index (χ0n) is 13.8. The fraction of sp³-hybridized carbons (Fsp3) is 0.100. The molecule has 0 radical (unpaired) electrons. The zero-order chi connectivity index (χ0) is 17.6. The first kappa shape index (κ1) is 16.6. The van der Waals surface area contributed by atoms with Crippen molar-refractivity contribution in [3.8, 4) is 0 Å². The van der Waals surface area contributed by atoms with Crippen LogP contribution in [0.3, 0.4) is 0 Å². The highest BCUT2D eigenvalue weighted by Gasteiger charge is 2.06. The van der Waals surface area contributed by atoms with E-state index in [1.807, 2.05) is 31.2 Å². The first-order chi connectivity index (χ1) is 12.1. The summed E-state index contributed by atoms with van der Waals surface area (Å²) >= 11 is 0. The van der Waals surface area contributed by atoms with Crippen molar-refractivity contribution in [1.82, 2.24) is 4.98 Å². The van der Waals surface area contributed by atoms with Crippen molar-refractivity contribution in [2.75, 3.05) is 10.6 Å². The van der Waals surface area contributed by atoms with Crippen LogP contribution < -0.4 is 10.6 Å². The van der Waals surface area contributed by atoms with Gasteiger partial charge in [-0.3, -0.25) is 4.79 Å². The number of rotatable bonds is 5. The minimum Gasteiger partial charge on any atom is -0.340 e. The summed E-state index contributed by atoms with van der Waals surface area (Å²) in [5.41, 5.74) is 3.31. The number of carbonyl (C=O) groups excluding carboxylic acids is 1. The lowest BCUT2D eigenvalue weighted by atomic mass is 10.1. The first-order valence-electron chi connectivity index (χ1n) is 7.93. The highest BCUT2D eigenvalue weighted by Crippen LogP contribution is 2.17. The van der Waals surface area contributed by atoms with E-state index in [1.54, 1.807) is 30.5 Å². The van der Waals surface area contributed by atoms with Gasteiger partial charge in [0.2, 0.25) is 5.91 Å². The van der Waals surface area contributed by atoms with Gasteiger partial charge >= 0.3 is 0 Å². The summed E-state index contributed by atoms with van der Waals surface area (Å²) in [6, 6.07) is 17.4. The van der Waals surface area contributed by atoms with E-state index < -0.39 is 0 Å². The van der Waals surface area contributed by atoms with E-state index in [1.165, 1.54) is 12.1 Å². The van der Waals surface area contributed by atoms with Gasteiger partial charge in [0.25, 0.3) is 0 Å². The Kier molecular flexibility index (Phi) is 5.04. The fourth-order valence-corrected chi connectivity index (χ4v) is 2.44. The standard InChI is InChI=1S/C20H18FN3O/c1-14-5-2-3-6-15(14)11-20(25)24-18-9-10-19(22-13-18)23-17-8-4-7-16(21)12-17/h2-10,12-13H,11H2,1H3,(H,22,23)(H,24,25). The predicted octanol–water partition coefficient (Wildman–Crippen LogP) is 4.45. The monoisotopic (exact) mass is 335 g/mol. The molecule has 0 atom stereocenters. The van der Waals surface area contributed by atoms with E-state index in [0.29, 0.717) is 23.6 Å². The van der Waals surface area contributed by atoms with Crippen molar-refractivity contribution in [3.63, 3.8) is 0 Å². The van der Waals surface area contributed by atoms with Crippen LogP contribution in [-0.2, 0) is 11.2 Å². The van der Waals surface area contributed by atoms with Crippen LogP contribution >= 0.6 is 0 Å². The lowest BCUT2D eigenvalue weighted by Crippen LogP contribution is -2.15. The van der Waals surface area contributed by atoms with Gasteiger partial charge in [0.05, 0.1) is 18.3 Å². The van der Waals surface area contributed by atoms with Crippen LogP contribution in [0.5, 0.6) is 0 Å². The number of benzene rings is 2. The first-order valence-corrected chi connectivity index (χ1v) is 7.93. The Labute approximate surface area is 145 Å². The molecule has 1 heterocycles. The second kappa shape index (κ2) is 7.57. The molecule has 3 aromatic rings. The third-order valence-corrected chi connectivity index (χ3v) is 3.76. The number of halogens is 1. The predicted molar refractivity (Wildman–Crippen MR) is 97.4 cm³/mol. The minimum absolute atomic E-state index is 0.0954. The average Bonchev–Trinajstić information content (AvgIpc) is 2.59. The van der Waals surface area contributed by atoms with Gasteiger partial charge in [0.1, 0.15) is 11.6 Å². The lowest BCUT2D eigenvalue weighted by molar-refractivity contribution is -0.115. The van der Waals surface area contributed by atoms with Crippen molar-refractivity contribution in [2.45, 2.75) is 13.3 Å². The van der Waals surface area contributed by atoms with Crippen molar-refractivity contribution in [2.24, 2.45) is 0 Å². The SMILES string of the molecule is Cc1ccccc1CC(=O)Nc1ccc(Nc2cccc(F)c2)nc1. The molecule has 3 rings (SSSR count). The van der Waals surface area contributed by atoms with Crippen molar-refractivity contribution in [1.29, 1.82) is 0 Å². The van der Waals surface area contributed by atoms with E-state index in [4.69, 9.17) is 0 Å². The number of amides is 1. The normalized spacial score (nSPS) is 10.3. The van der Waals surface area contributed by atoms with Gasteiger partial charge in [-0.2, -0.15) is 0 Å². The second-order valence-electron chi connectivity index (χ2n) is 5.72. The molecule has 0 bridgehead atoms. The van der Waals surface area contributed by atoms with Gasteiger partial charge in [-0.25, -0.2) is 9.37 Å². The Balaban J connectivity index is 1.60. The Hall–Kier alpha value is -3.21. The van der Waals surface area contributed by atoms with E-state index in [0.717, 1.165) is 11.1 Å². The van der Waals surface area contributed by atoms with Crippen molar-refractivity contribution >= 4 is 23.1 Å². The van der Waals surface area contributed by atoms with Gasteiger partial charge in [-0.05, 0) is 48.4 Å². The van der Waals surface area contributed by atoms with E-state index in [2.05, 4.69) is 15.6 Å². The molecule has 25 heavy (non-hydrogen) atoms. The zero-order valence-corrected chi connectivity index (χ0v) is 13.8. The Morgan fingerprint density at radius 1 is 1.04 bits per heavy atom. The smallest absolute Gasteiger partial charge is 0.228 e. The number of carbonyl (C=O) groups is 1. The van der Waals surface area contributed by atoms with Gasteiger partial charge in [0.15, 0.2) is 0 Å². The quantitative estimate of drug-likeness (QED) is 0.724. The van der Waals surface area contributed by atoms with Crippen LogP contribution in [0.25, 0.3) is 0 Å². The van der Waals surface area contributed by atoms with Crippen molar-refractivity contribution < 1.29 is 9.18 Å². The highest BCUT2D eigenvalue weighted by atomic mass is 19.1. The van der Waals surface area contributed by atoms with Crippen molar-refractivity contribution in [3.05, 3.63) is 83.8 Å². The number of pyridine rings is 1. The van der Waals surface area contributed by atoms with Gasteiger partial charge in [0, 0.05) is 5.69 Å². The summed E-state index contributed by atoms with van der Waals surface area (Å²) in [7, 11) is 0. The van der Waals surface area contributed by atoms with Crippen LogP contribution in [0.4, 0.5) is 21.6 Å². The van der Waals surface area contributed by atoms with Gasteiger partial charge < -0.3 is 10.6 Å². The molecule has 126 valence electrons. The molecule has 2 N–H and O–H groups in total. The number of nitrogens with one attached hydrogen (secondary N) is 2. The summed E-state index contributed by atoms with van der Waals surface area (Å²) in [5, 5.41) is 5.84. The fourth-order valence-electron chi connectivity index (χ4n) is 2.44. The maximum Gasteiger partial charge on any atom is 0.228 e. The molecule has 0 aliphatic carbocycles. The molecule has 0 fully saturated rings. The number of anilines is 3. The number of hydrogen-bond acceptors (Lipinski definition) is 3. The van der Waals surface area contributed by atoms with Crippen LogP contribution in [0.1, 0.15) is 11.1 Å². The molecule has 0 aliphatic rings. The van der Waals surface area contributed by atoms with Gasteiger partial charge in [-0.1, -0.05) is 30.3 Å². The number of hydrogen-bond donors (Lipinski definition) is 2. The lowest BCUT2D eigenvalue weighted by Gasteiger charge is -2.09. The number of nitrogens with zero attached hydrogens (tertiary/aromatic N) is 1. The largest absolute Gasteiger partial charge is 0.340 e. The maximum absolute atomic E-state index is 13.2. The van der Waals surface area contributed by atoms with Crippen LogP contribution in [-0.4, -0.2) is 10.9 Å². The molecule has 0 spiro atoms. The van der Waals surface area contributed by atoms with Crippen LogP contribution in [0.15, 0.2) is 66.9 Å². The summed E-state index contributed by atoms with van der Waals surface area (Å²) in [6.45, 7) is 1.98. The van der Waals surface area contributed by atoms with E-state index in [-0.39, 0.29) is 11.7 Å². The summed E-state index contributed by atoms with van der Waals surface area (Å²) in [4.78, 5) is 16.4. The average molecular weight is 335 g/mol. The molecular formula is C20H18FN3O. The summed E-state index contributed by atoms with van der Waals surface area (Å²) < 4.78 is 13.2. The van der Waals surface area contributed by atoms with Gasteiger partial charge in [-0.15, -0.1) is 0 Å². The molecule has 0 saturated carbocycles. The Morgan fingerprint density at radius 2 is 1.88 bits per heavy atom. The molecule has 2 aromatic carbocycles. The highest BCUT2D eigenvalue weighted by molar-refractivity contribution is 5.92. The number of aryl methyl sites for hydroxylation is 1.